The molecule has 112 valence electrons. The summed E-state index contributed by atoms with van der Waals surface area (Å²) >= 11 is 7.24. The molecule has 0 atom stereocenters. The maximum Gasteiger partial charge on any atom is 0.179 e. The minimum atomic E-state index is 0.703. The molecule has 0 radical (unpaired) electrons. The van der Waals surface area contributed by atoms with Crippen LogP contribution in [0.25, 0.3) is 11.2 Å². The lowest BCUT2D eigenvalue weighted by atomic mass is 10.2. The fraction of sp³-hybridized carbons (Fsp3) is 0.500. The van der Waals surface area contributed by atoms with Crippen molar-refractivity contribution >= 4 is 34.7 Å². The molecule has 3 heterocycles. The molecule has 5 nitrogen and oxygen atoms in total. The normalized spacial score (nSPS) is 11.6. The van der Waals surface area contributed by atoms with Crippen LogP contribution < -0.4 is 0 Å². The van der Waals surface area contributed by atoms with E-state index in [0.29, 0.717) is 6.54 Å². The Morgan fingerprint density at radius 3 is 2.86 bits per heavy atom. The Hall–Kier alpha value is -1.47. The van der Waals surface area contributed by atoms with E-state index in [1.54, 1.807) is 11.3 Å². The number of thiazole rings is 1. The number of fused-ring (bicyclic) bond motifs is 1. The highest BCUT2D eigenvalue weighted by Crippen LogP contribution is 2.22. The van der Waals surface area contributed by atoms with Gasteiger partial charge in [-0.2, -0.15) is 5.10 Å². The van der Waals surface area contributed by atoms with E-state index in [9.17, 15) is 0 Å². The summed E-state index contributed by atoms with van der Waals surface area (Å²) in [6.07, 6.45) is 5.02. The minimum absolute atomic E-state index is 0.703. The highest BCUT2D eigenvalue weighted by Gasteiger charge is 2.15. The summed E-state index contributed by atoms with van der Waals surface area (Å²) in [6.45, 7) is 5.01. The van der Waals surface area contributed by atoms with Gasteiger partial charge in [-0.05, 0) is 25.1 Å². The molecule has 0 fully saturated rings. The Morgan fingerprint density at radius 2 is 2.19 bits per heavy atom. The van der Waals surface area contributed by atoms with Gasteiger partial charge in [0.2, 0.25) is 0 Å². The van der Waals surface area contributed by atoms with Crippen molar-refractivity contribution < 1.29 is 0 Å². The lowest BCUT2D eigenvalue weighted by molar-refractivity contribution is 0.701. The zero-order valence-electron chi connectivity index (χ0n) is 12.5. The van der Waals surface area contributed by atoms with Crippen molar-refractivity contribution in [1.82, 2.24) is 24.3 Å². The van der Waals surface area contributed by atoms with Crippen LogP contribution >= 0.6 is 23.6 Å². The lowest BCUT2D eigenvalue weighted by Crippen LogP contribution is -2.04. The van der Waals surface area contributed by atoms with Gasteiger partial charge < -0.3 is 4.98 Å². The van der Waals surface area contributed by atoms with E-state index in [-0.39, 0.29) is 0 Å². The number of H-pyrrole nitrogens is 1. The van der Waals surface area contributed by atoms with Gasteiger partial charge in [-0.1, -0.05) is 20.3 Å². The largest absolute Gasteiger partial charge is 0.328 e. The molecule has 0 unspecified atom stereocenters. The summed E-state index contributed by atoms with van der Waals surface area (Å²) in [5.74, 6) is 0. The van der Waals surface area contributed by atoms with Gasteiger partial charge in [0.25, 0.3) is 0 Å². The molecule has 0 saturated heterocycles. The van der Waals surface area contributed by atoms with Crippen molar-refractivity contribution in [2.24, 2.45) is 7.05 Å². The molecule has 7 heteroatoms. The minimum Gasteiger partial charge on any atom is -0.328 e. The Morgan fingerprint density at radius 1 is 1.38 bits per heavy atom. The highest BCUT2D eigenvalue weighted by molar-refractivity contribution is 7.71. The average Bonchev–Trinajstić information content (AvgIpc) is 3.11. The topological polar surface area (TPSA) is 51.4 Å². The first-order chi connectivity index (χ1) is 10.1. The van der Waals surface area contributed by atoms with Crippen LogP contribution in [0, 0.1) is 4.77 Å². The molecule has 3 aromatic heterocycles. The van der Waals surface area contributed by atoms with Gasteiger partial charge in [-0.15, -0.1) is 11.3 Å². The van der Waals surface area contributed by atoms with E-state index in [4.69, 9.17) is 12.2 Å². The van der Waals surface area contributed by atoms with E-state index in [2.05, 4.69) is 33.5 Å². The van der Waals surface area contributed by atoms with Crippen LogP contribution in [0.4, 0.5) is 0 Å². The van der Waals surface area contributed by atoms with Crippen LogP contribution in [0.2, 0.25) is 0 Å². The van der Waals surface area contributed by atoms with Crippen molar-refractivity contribution in [2.75, 3.05) is 0 Å². The highest BCUT2D eigenvalue weighted by atomic mass is 32.1. The Bertz CT molecular complexity index is 820. The van der Waals surface area contributed by atoms with E-state index in [0.717, 1.165) is 45.9 Å². The van der Waals surface area contributed by atoms with Crippen LogP contribution in [0.3, 0.4) is 0 Å². The van der Waals surface area contributed by atoms with Crippen LogP contribution in [-0.4, -0.2) is 24.3 Å². The Balaban J connectivity index is 2.05. The summed E-state index contributed by atoms with van der Waals surface area (Å²) in [7, 11) is 1.97. The van der Waals surface area contributed by atoms with Crippen LogP contribution in [0.15, 0.2) is 6.20 Å². The number of nitrogens with one attached hydrogen (secondary N) is 1. The molecule has 3 rings (SSSR count). The van der Waals surface area contributed by atoms with Gasteiger partial charge in [-0.3, -0.25) is 9.25 Å². The first kappa shape index (κ1) is 14.5. The smallest absolute Gasteiger partial charge is 0.179 e. The third-order valence-electron chi connectivity index (χ3n) is 3.55. The van der Waals surface area contributed by atoms with E-state index < -0.39 is 0 Å². The van der Waals surface area contributed by atoms with Crippen LogP contribution in [0.5, 0.6) is 0 Å². The van der Waals surface area contributed by atoms with Gasteiger partial charge in [0.05, 0.1) is 12.2 Å². The predicted molar refractivity (Wildman–Crippen MR) is 88.5 cm³/mol. The monoisotopic (exact) mass is 321 g/mol. The number of rotatable bonds is 5. The maximum atomic E-state index is 5.49. The van der Waals surface area contributed by atoms with E-state index >= 15 is 0 Å². The molecule has 3 aromatic rings. The van der Waals surface area contributed by atoms with E-state index in [1.165, 1.54) is 4.88 Å². The number of aromatic nitrogens is 5. The van der Waals surface area contributed by atoms with Crippen molar-refractivity contribution in [3.63, 3.8) is 0 Å². The van der Waals surface area contributed by atoms with Gasteiger partial charge in [0.15, 0.2) is 10.4 Å². The number of imidazole rings is 1. The summed E-state index contributed by atoms with van der Waals surface area (Å²) in [4.78, 5) is 9.11. The molecular formula is C14H19N5S2. The second-order valence-electron chi connectivity index (χ2n) is 5.11. The second-order valence-corrected chi connectivity index (χ2v) is 6.70. The SMILES string of the molecule is CCCc1nn(C)c2c1[nH]c(=S)n2Cc1ncc(CC)s1. The number of hydrogen-bond acceptors (Lipinski definition) is 4. The van der Waals surface area contributed by atoms with Gasteiger partial charge in [0, 0.05) is 18.1 Å². The lowest BCUT2D eigenvalue weighted by Gasteiger charge is -2.01. The number of aryl methyl sites for hydroxylation is 3. The predicted octanol–water partition coefficient (Wildman–Crippen LogP) is 3.45. The maximum absolute atomic E-state index is 5.49. The van der Waals surface area contributed by atoms with Crippen molar-refractivity contribution in [1.29, 1.82) is 0 Å². The average molecular weight is 321 g/mol. The molecule has 0 aliphatic heterocycles. The standard InChI is InChI=1S/C14H19N5S2/c1-4-6-10-12-13(18(3)17-10)19(14(20)16-12)8-11-15-7-9(5-2)21-11/h7H,4-6,8H2,1-3H3,(H,16,20). The van der Waals surface area contributed by atoms with Crippen LogP contribution in [0.1, 0.15) is 35.8 Å². The van der Waals surface area contributed by atoms with Crippen molar-refractivity contribution in [3.05, 3.63) is 26.5 Å². The molecule has 0 aromatic carbocycles. The first-order valence-corrected chi connectivity index (χ1v) is 8.44. The summed E-state index contributed by atoms with van der Waals surface area (Å²) in [6, 6.07) is 0. The molecule has 0 bridgehead atoms. The summed E-state index contributed by atoms with van der Waals surface area (Å²) < 4.78 is 4.75. The van der Waals surface area contributed by atoms with Gasteiger partial charge in [0.1, 0.15) is 10.5 Å². The molecule has 0 amide bonds. The second kappa shape index (κ2) is 5.73. The Kier molecular flexibility index (Phi) is 3.95. The molecule has 0 aliphatic rings. The zero-order valence-corrected chi connectivity index (χ0v) is 14.1. The third kappa shape index (κ3) is 2.55. The van der Waals surface area contributed by atoms with Crippen molar-refractivity contribution in [3.8, 4) is 0 Å². The number of nitrogens with zero attached hydrogens (tertiary/aromatic N) is 4. The van der Waals surface area contributed by atoms with Crippen LogP contribution in [-0.2, 0) is 26.4 Å². The molecule has 1 N–H and O–H groups in total. The molecule has 0 spiro atoms. The van der Waals surface area contributed by atoms with E-state index in [1.807, 2.05) is 17.9 Å². The summed E-state index contributed by atoms with van der Waals surface area (Å²) in [5.41, 5.74) is 3.21. The number of hydrogen-bond donors (Lipinski definition) is 1. The fourth-order valence-corrected chi connectivity index (χ4v) is 3.66. The zero-order chi connectivity index (χ0) is 15.0. The molecule has 0 aliphatic carbocycles. The van der Waals surface area contributed by atoms with Crippen molar-refractivity contribution in [2.45, 2.75) is 39.7 Å². The Labute approximate surface area is 132 Å². The quantitative estimate of drug-likeness (QED) is 0.732. The number of aromatic amines is 1. The van der Waals surface area contributed by atoms with Gasteiger partial charge in [-0.25, -0.2) is 4.98 Å². The first-order valence-electron chi connectivity index (χ1n) is 7.22. The molecule has 0 saturated carbocycles. The fourth-order valence-electron chi connectivity index (χ4n) is 2.56. The molecular weight excluding hydrogens is 302 g/mol. The summed E-state index contributed by atoms with van der Waals surface area (Å²) in [5, 5.41) is 5.69. The third-order valence-corrected chi connectivity index (χ3v) is 5.00. The van der Waals surface area contributed by atoms with Gasteiger partial charge >= 0.3 is 0 Å². The molecule has 21 heavy (non-hydrogen) atoms.